The molecule has 0 bridgehead atoms. The number of nitrogens with zero attached hydrogens (tertiary/aromatic N) is 1. The van der Waals surface area contributed by atoms with E-state index in [1.165, 1.54) is 83.5 Å². The zero-order valence-electron chi connectivity index (χ0n) is 20.1. The molecule has 6 heteroatoms. The van der Waals surface area contributed by atoms with Crippen molar-refractivity contribution in [2.75, 3.05) is 19.7 Å². The van der Waals surface area contributed by atoms with E-state index in [9.17, 15) is 4.79 Å². The lowest BCUT2D eigenvalue weighted by Crippen LogP contribution is -2.43. The zero-order valence-corrected chi connectivity index (χ0v) is 20.1. The number of carbonyl (C=O) groups is 2. The highest BCUT2D eigenvalue weighted by Crippen LogP contribution is 2.13. The van der Waals surface area contributed by atoms with E-state index in [2.05, 4.69) is 12.3 Å². The number of carboxylic acid groups (broad SMARTS) is 1. The van der Waals surface area contributed by atoms with E-state index in [0.717, 1.165) is 26.3 Å². The van der Waals surface area contributed by atoms with Crippen LogP contribution in [0.15, 0.2) is 0 Å². The molecule has 0 aliphatic heterocycles. The quantitative estimate of drug-likeness (QED) is 0.171. The van der Waals surface area contributed by atoms with Gasteiger partial charge in [0.2, 0.25) is 5.91 Å². The van der Waals surface area contributed by atoms with Crippen molar-refractivity contribution >= 4 is 11.9 Å². The Balaban J connectivity index is 0. The van der Waals surface area contributed by atoms with E-state index < -0.39 is 5.97 Å². The second kappa shape index (κ2) is 25.9. The van der Waals surface area contributed by atoms with Crippen LogP contribution in [0.5, 0.6) is 0 Å². The number of carbonyl (C=O) groups excluding carboxylic acids is 1. The number of hydrogen-bond donors (Lipinski definition) is 3. The van der Waals surface area contributed by atoms with Crippen molar-refractivity contribution in [3.05, 3.63) is 0 Å². The molecule has 0 rings (SSSR count). The average molecular weight is 431 g/mol. The van der Waals surface area contributed by atoms with Crippen LogP contribution in [-0.2, 0) is 9.59 Å². The number of nitrogens with one attached hydrogen (secondary N) is 1. The fourth-order valence-electron chi connectivity index (χ4n) is 3.30. The third-order valence-corrected chi connectivity index (χ3v) is 5.04. The van der Waals surface area contributed by atoms with Gasteiger partial charge in [0.15, 0.2) is 0 Å². The highest BCUT2D eigenvalue weighted by atomic mass is 16.4. The SMILES string of the molecule is CC(=O)O.CCCCCCCCCCCCCCCCCC(=O)NN(CC)CCO. The number of unbranched alkanes of at least 4 members (excludes halogenated alkanes) is 14. The molecule has 3 N–H and O–H groups in total. The molecule has 180 valence electrons. The van der Waals surface area contributed by atoms with Gasteiger partial charge in [-0.05, 0) is 6.42 Å². The molecular formula is C24H50N2O4. The maximum Gasteiger partial charge on any atom is 0.300 e. The second-order valence-corrected chi connectivity index (χ2v) is 8.06. The number of aliphatic hydroxyl groups is 1. The maximum atomic E-state index is 11.8. The number of aliphatic hydroxyl groups excluding tert-OH is 1. The fraction of sp³-hybridized carbons (Fsp3) is 0.917. The lowest BCUT2D eigenvalue weighted by Gasteiger charge is -2.20. The van der Waals surface area contributed by atoms with E-state index in [4.69, 9.17) is 15.0 Å². The Labute approximate surface area is 185 Å². The predicted octanol–water partition coefficient (Wildman–Crippen LogP) is 5.68. The van der Waals surface area contributed by atoms with Gasteiger partial charge >= 0.3 is 0 Å². The smallest absolute Gasteiger partial charge is 0.300 e. The van der Waals surface area contributed by atoms with Crippen LogP contribution in [0.4, 0.5) is 0 Å². The molecule has 0 spiro atoms. The third kappa shape index (κ3) is 29.1. The van der Waals surface area contributed by atoms with Gasteiger partial charge in [0, 0.05) is 26.4 Å². The first-order valence-electron chi connectivity index (χ1n) is 12.3. The van der Waals surface area contributed by atoms with Gasteiger partial charge in [-0.3, -0.25) is 15.0 Å². The minimum absolute atomic E-state index is 0.0765. The molecule has 0 aliphatic rings. The molecule has 0 aromatic rings. The Morgan fingerprint density at radius 3 is 1.43 bits per heavy atom. The first-order chi connectivity index (χ1) is 14.5. The molecule has 0 atom stereocenters. The van der Waals surface area contributed by atoms with Crippen LogP contribution >= 0.6 is 0 Å². The van der Waals surface area contributed by atoms with E-state index in [0.29, 0.717) is 13.0 Å². The van der Waals surface area contributed by atoms with Crippen molar-refractivity contribution in [2.24, 2.45) is 0 Å². The first kappa shape index (κ1) is 31.0. The molecule has 0 saturated heterocycles. The summed E-state index contributed by atoms with van der Waals surface area (Å²) in [5.41, 5.74) is 2.85. The normalized spacial score (nSPS) is 10.6. The highest BCUT2D eigenvalue weighted by Gasteiger charge is 2.06. The number of aliphatic carboxylic acids is 1. The number of likely N-dealkylation sites (N-methyl/N-ethyl adjacent to an activating group) is 1. The summed E-state index contributed by atoms with van der Waals surface area (Å²) in [5, 5.41) is 18.1. The molecule has 0 radical (unpaired) electrons. The maximum absolute atomic E-state index is 11.8. The molecule has 0 saturated carbocycles. The van der Waals surface area contributed by atoms with Gasteiger partial charge in [0.1, 0.15) is 0 Å². The van der Waals surface area contributed by atoms with Gasteiger partial charge in [-0.1, -0.05) is 104 Å². The van der Waals surface area contributed by atoms with Crippen LogP contribution in [0.1, 0.15) is 124 Å². The largest absolute Gasteiger partial charge is 0.481 e. The predicted molar refractivity (Wildman–Crippen MR) is 125 cm³/mol. The summed E-state index contributed by atoms with van der Waals surface area (Å²) in [5.74, 6) is -0.755. The summed E-state index contributed by atoms with van der Waals surface area (Å²) in [7, 11) is 0. The monoisotopic (exact) mass is 430 g/mol. The van der Waals surface area contributed by atoms with Crippen molar-refractivity contribution in [1.29, 1.82) is 0 Å². The van der Waals surface area contributed by atoms with Crippen molar-refractivity contribution in [3.8, 4) is 0 Å². The molecule has 1 amide bonds. The summed E-state index contributed by atoms with van der Waals surface area (Å²) in [6.45, 7) is 6.64. The standard InChI is InChI=1S/C22H46N2O2.C2H4O2/c1-3-5-6-7-8-9-10-11-12-13-14-15-16-17-18-19-22(26)23-24(4-2)20-21-25;1-2(3)4/h25H,3-21H2,1-2H3,(H,23,26);1H3,(H,3,4). The summed E-state index contributed by atoms with van der Waals surface area (Å²) >= 11 is 0. The lowest BCUT2D eigenvalue weighted by molar-refractivity contribution is -0.134. The Bertz CT molecular complexity index is 374. The van der Waals surface area contributed by atoms with Crippen LogP contribution in [0.25, 0.3) is 0 Å². The molecule has 0 fully saturated rings. The Kier molecular flexibility index (Phi) is 26.8. The summed E-state index contributed by atoms with van der Waals surface area (Å²) in [6, 6.07) is 0. The minimum atomic E-state index is -0.833. The van der Waals surface area contributed by atoms with E-state index in [1.807, 2.05) is 6.92 Å². The molecule has 0 aromatic carbocycles. The Hall–Kier alpha value is -1.14. The second-order valence-electron chi connectivity index (χ2n) is 8.06. The van der Waals surface area contributed by atoms with Crippen molar-refractivity contribution in [3.63, 3.8) is 0 Å². The van der Waals surface area contributed by atoms with Crippen LogP contribution < -0.4 is 5.43 Å². The highest BCUT2D eigenvalue weighted by molar-refractivity contribution is 5.75. The topological polar surface area (TPSA) is 89.9 Å². The van der Waals surface area contributed by atoms with Gasteiger partial charge in [-0.25, -0.2) is 5.01 Å². The summed E-state index contributed by atoms with van der Waals surface area (Å²) in [6.07, 6.45) is 20.7. The average Bonchev–Trinajstić information content (AvgIpc) is 2.70. The van der Waals surface area contributed by atoms with Gasteiger partial charge in [0.05, 0.1) is 6.61 Å². The van der Waals surface area contributed by atoms with Gasteiger partial charge in [-0.15, -0.1) is 0 Å². The Morgan fingerprint density at radius 2 is 1.10 bits per heavy atom. The molecule has 0 unspecified atom stereocenters. The number of carboxylic acids is 1. The number of rotatable bonds is 20. The van der Waals surface area contributed by atoms with Gasteiger partial charge < -0.3 is 10.2 Å². The molecule has 6 nitrogen and oxygen atoms in total. The van der Waals surface area contributed by atoms with Gasteiger partial charge in [-0.2, -0.15) is 0 Å². The van der Waals surface area contributed by atoms with Crippen molar-refractivity contribution < 1.29 is 19.8 Å². The van der Waals surface area contributed by atoms with E-state index >= 15 is 0 Å². The number of amides is 1. The molecule has 30 heavy (non-hydrogen) atoms. The summed E-state index contributed by atoms with van der Waals surface area (Å²) < 4.78 is 0. The third-order valence-electron chi connectivity index (χ3n) is 5.04. The van der Waals surface area contributed by atoms with Crippen molar-refractivity contribution in [2.45, 2.75) is 124 Å². The van der Waals surface area contributed by atoms with E-state index in [1.54, 1.807) is 5.01 Å². The van der Waals surface area contributed by atoms with Gasteiger partial charge in [0.25, 0.3) is 5.97 Å². The molecular weight excluding hydrogens is 380 g/mol. The van der Waals surface area contributed by atoms with Crippen LogP contribution in [0.2, 0.25) is 0 Å². The molecule has 0 aromatic heterocycles. The number of hydrogen-bond acceptors (Lipinski definition) is 4. The number of hydrazine groups is 1. The lowest BCUT2D eigenvalue weighted by atomic mass is 10.0. The van der Waals surface area contributed by atoms with E-state index in [-0.39, 0.29) is 12.5 Å². The zero-order chi connectivity index (χ0) is 22.9. The van der Waals surface area contributed by atoms with Crippen LogP contribution in [-0.4, -0.2) is 46.8 Å². The molecule has 0 aliphatic carbocycles. The molecule has 0 heterocycles. The minimum Gasteiger partial charge on any atom is -0.481 e. The van der Waals surface area contributed by atoms with Crippen LogP contribution in [0.3, 0.4) is 0 Å². The summed E-state index contributed by atoms with van der Waals surface area (Å²) in [4.78, 5) is 20.8. The van der Waals surface area contributed by atoms with Crippen LogP contribution in [0, 0.1) is 0 Å². The fourth-order valence-corrected chi connectivity index (χ4v) is 3.30. The Morgan fingerprint density at radius 1 is 0.733 bits per heavy atom. The van der Waals surface area contributed by atoms with Crippen molar-refractivity contribution in [1.82, 2.24) is 10.4 Å². The first-order valence-corrected chi connectivity index (χ1v) is 12.3.